The first-order chi connectivity index (χ1) is 18.2. The lowest BCUT2D eigenvalue weighted by Crippen LogP contribution is -2.38. The summed E-state index contributed by atoms with van der Waals surface area (Å²) in [5.41, 5.74) is -0.0712. The third-order valence-corrected chi connectivity index (χ3v) is 6.78. The molecule has 0 aromatic rings. The molecule has 6 heteroatoms. The third kappa shape index (κ3) is 24.2. The van der Waals surface area contributed by atoms with Gasteiger partial charge in [0.2, 0.25) is 0 Å². The number of ether oxygens (including phenoxy) is 4. The van der Waals surface area contributed by atoms with Crippen molar-refractivity contribution in [3.63, 3.8) is 0 Å². The molecule has 0 aliphatic rings. The fraction of sp³-hybridized carbons (Fsp3) is 0.969. The van der Waals surface area contributed by atoms with Gasteiger partial charge in [0.25, 0.3) is 0 Å². The van der Waals surface area contributed by atoms with E-state index in [-0.39, 0.29) is 16.9 Å². The first kappa shape index (κ1) is 37.1. The van der Waals surface area contributed by atoms with Crippen LogP contribution in [0.2, 0.25) is 0 Å². The lowest BCUT2D eigenvalue weighted by atomic mass is 9.89. The number of amides is 1. The monoisotopic (exact) mass is 543 g/mol. The first-order valence-electron chi connectivity index (χ1n) is 15.8. The molecule has 0 saturated carbocycles. The summed E-state index contributed by atoms with van der Waals surface area (Å²) in [4.78, 5) is 12.4. The van der Waals surface area contributed by atoms with Gasteiger partial charge in [-0.2, -0.15) is 0 Å². The third-order valence-electron chi connectivity index (χ3n) is 6.78. The summed E-state index contributed by atoms with van der Waals surface area (Å²) in [5, 5.41) is 2.89. The van der Waals surface area contributed by atoms with E-state index in [0.717, 1.165) is 32.3 Å². The molecule has 1 atom stereocenters. The van der Waals surface area contributed by atoms with Crippen molar-refractivity contribution in [3.8, 4) is 0 Å². The van der Waals surface area contributed by atoms with Crippen LogP contribution < -0.4 is 5.32 Å². The number of rotatable bonds is 27. The van der Waals surface area contributed by atoms with Gasteiger partial charge in [0.05, 0.1) is 25.9 Å². The number of carbonyl (C=O) groups excluding carboxylic acids is 1. The van der Waals surface area contributed by atoms with E-state index >= 15 is 0 Å². The van der Waals surface area contributed by atoms with Gasteiger partial charge in [-0.1, -0.05) is 119 Å². The van der Waals surface area contributed by atoms with E-state index < -0.39 is 6.09 Å². The second-order valence-electron chi connectivity index (χ2n) is 12.6. The standard InChI is InChI=1S/C32H65NO5/c1-8-11-13-15-17-19-22-35-25-29(37-23-20-18-16-14-12-9-2)24-33-30(34)38-28-32(6,7)27-36-26-31(4,5)21-10-3/h29H,8-28H2,1-7H3,(H,33,34). The molecule has 0 aromatic heterocycles. The number of unbranched alkanes of at least 4 members (excludes halogenated alkanes) is 10. The van der Waals surface area contributed by atoms with Gasteiger partial charge in [-0.3, -0.25) is 0 Å². The number of hydrogen-bond acceptors (Lipinski definition) is 5. The van der Waals surface area contributed by atoms with Crippen molar-refractivity contribution in [1.82, 2.24) is 5.32 Å². The average molecular weight is 544 g/mol. The van der Waals surface area contributed by atoms with E-state index in [1.807, 2.05) is 0 Å². The maximum absolute atomic E-state index is 12.4. The number of alkyl carbamates (subject to hydrolysis) is 1. The highest BCUT2D eigenvalue weighted by atomic mass is 16.6. The zero-order chi connectivity index (χ0) is 28.5. The van der Waals surface area contributed by atoms with Gasteiger partial charge in [-0.25, -0.2) is 4.79 Å². The van der Waals surface area contributed by atoms with Crippen molar-refractivity contribution in [1.29, 1.82) is 0 Å². The minimum absolute atomic E-state index is 0.157. The van der Waals surface area contributed by atoms with Crippen LogP contribution in [-0.4, -0.2) is 58.4 Å². The molecule has 0 saturated heterocycles. The van der Waals surface area contributed by atoms with Gasteiger partial charge in [0, 0.05) is 25.2 Å². The molecule has 1 amide bonds. The predicted molar refractivity (Wildman–Crippen MR) is 160 cm³/mol. The Balaban J connectivity index is 4.35. The Kier molecular flexibility index (Phi) is 23.5. The molecule has 228 valence electrons. The smallest absolute Gasteiger partial charge is 0.407 e. The molecular formula is C32H65NO5. The van der Waals surface area contributed by atoms with Crippen LogP contribution in [0.5, 0.6) is 0 Å². The zero-order valence-corrected chi connectivity index (χ0v) is 26.5. The van der Waals surface area contributed by atoms with Crippen LogP contribution in [-0.2, 0) is 18.9 Å². The van der Waals surface area contributed by atoms with Crippen molar-refractivity contribution in [2.75, 3.05) is 46.2 Å². The summed E-state index contributed by atoms with van der Waals surface area (Å²) in [6.45, 7) is 19.2. The Labute approximate surface area is 236 Å². The summed E-state index contributed by atoms with van der Waals surface area (Å²) < 4.78 is 23.5. The van der Waals surface area contributed by atoms with Gasteiger partial charge in [-0.15, -0.1) is 0 Å². The second-order valence-corrected chi connectivity index (χ2v) is 12.6. The number of hydrogen-bond donors (Lipinski definition) is 1. The topological polar surface area (TPSA) is 66.0 Å². The molecule has 0 aliphatic carbocycles. The molecule has 0 bridgehead atoms. The highest BCUT2D eigenvalue weighted by Gasteiger charge is 2.24. The number of nitrogens with one attached hydrogen (secondary N) is 1. The summed E-state index contributed by atoms with van der Waals surface area (Å²) in [6, 6.07) is 0. The molecule has 0 fully saturated rings. The van der Waals surface area contributed by atoms with Gasteiger partial charge in [0.15, 0.2) is 0 Å². The molecule has 6 nitrogen and oxygen atoms in total. The van der Waals surface area contributed by atoms with Gasteiger partial charge >= 0.3 is 6.09 Å². The van der Waals surface area contributed by atoms with E-state index in [2.05, 4.69) is 53.8 Å². The van der Waals surface area contributed by atoms with E-state index in [1.54, 1.807) is 0 Å². The average Bonchev–Trinajstić information content (AvgIpc) is 2.86. The first-order valence-corrected chi connectivity index (χ1v) is 15.8. The summed E-state index contributed by atoms with van der Waals surface area (Å²) in [5.74, 6) is 0. The quantitative estimate of drug-likeness (QED) is 0.105. The molecule has 0 heterocycles. The SMILES string of the molecule is CCCCCCCCOCC(CNC(=O)OCC(C)(C)COCC(C)(C)CCC)OCCCCCCCC. The summed E-state index contributed by atoms with van der Waals surface area (Å²) in [6.07, 6.45) is 16.6. The fourth-order valence-electron chi connectivity index (χ4n) is 4.40. The van der Waals surface area contributed by atoms with Crippen LogP contribution in [0.3, 0.4) is 0 Å². The predicted octanol–water partition coefficient (Wildman–Crippen LogP) is 8.70. The van der Waals surface area contributed by atoms with Crippen LogP contribution in [0, 0.1) is 10.8 Å². The summed E-state index contributed by atoms with van der Waals surface area (Å²) >= 11 is 0. The fourth-order valence-corrected chi connectivity index (χ4v) is 4.40. The van der Waals surface area contributed by atoms with E-state index in [1.165, 1.54) is 64.2 Å². The lowest BCUT2D eigenvalue weighted by molar-refractivity contribution is -0.0217. The van der Waals surface area contributed by atoms with E-state index in [0.29, 0.717) is 39.6 Å². The van der Waals surface area contributed by atoms with Crippen molar-refractivity contribution < 1.29 is 23.7 Å². The molecule has 0 aliphatic heterocycles. The lowest BCUT2D eigenvalue weighted by Gasteiger charge is -2.28. The van der Waals surface area contributed by atoms with Crippen LogP contribution >= 0.6 is 0 Å². The van der Waals surface area contributed by atoms with Crippen LogP contribution in [0.15, 0.2) is 0 Å². The Hall–Kier alpha value is -0.850. The minimum Gasteiger partial charge on any atom is -0.449 e. The van der Waals surface area contributed by atoms with E-state index in [9.17, 15) is 4.79 Å². The van der Waals surface area contributed by atoms with Crippen molar-refractivity contribution in [3.05, 3.63) is 0 Å². The van der Waals surface area contributed by atoms with Crippen LogP contribution in [0.1, 0.15) is 138 Å². The van der Waals surface area contributed by atoms with Crippen molar-refractivity contribution in [2.45, 2.75) is 144 Å². The van der Waals surface area contributed by atoms with Crippen LogP contribution in [0.4, 0.5) is 4.79 Å². The van der Waals surface area contributed by atoms with Crippen LogP contribution in [0.25, 0.3) is 0 Å². The number of carbonyl (C=O) groups is 1. The maximum atomic E-state index is 12.4. The molecular weight excluding hydrogens is 478 g/mol. The molecule has 0 rings (SSSR count). The molecule has 38 heavy (non-hydrogen) atoms. The van der Waals surface area contributed by atoms with E-state index in [4.69, 9.17) is 18.9 Å². The Morgan fingerprint density at radius 2 is 1.21 bits per heavy atom. The maximum Gasteiger partial charge on any atom is 0.407 e. The largest absolute Gasteiger partial charge is 0.449 e. The van der Waals surface area contributed by atoms with Gasteiger partial charge < -0.3 is 24.3 Å². The van der Waals surface area contributed by atoms with Crippen molar-refractivity contribution >= 4 is 6.09 Å². The molecule has 0 spiro atoms. The van der Waals surface area contributed by atoms with Gasteiger partial charge in [0.1, 0.15) is 6.61 Å². The second kappa shape index (κ2) is 24.0. The van der Waals surface area contributed by atoms with Crippen molar-refractivity contribution in [2.24, 2.45) is 10.8 Å². The Bertz CT molecular complexity index is 538. The molecule has 0 aromatic carbocycles. The van der Waals surface area contributed by atoms with Gasteiger partial charge in [-0.05, 0) is 24.7 Å². The normalized spacial score (nSPS) is 13.0. The Morgan fingerprint density at radius 1 is 0.658 bits per heavy atom. The molecule has 1 N–H and O–H groups in total. The highest BCUT2D eigenvalue weighted by molar-refractivity contribution is 5.67. The zero-order valence-electron chi connectivity index (χ0n) is 26.5. The summed E-state index contributed by atoms with van der Waals surface area (Å²) in [7, 11) is 0. The minimum atomic E-state index is -0.409. The molecule has 1 unspecified atom stereocenters. The molecule has 0 radical (unpaired) electrons. The Morgan fingerprint density at radius 3 is 1.82 bits per heavy atom. The highest BCUT2D eigenvalue weighted by Crippen LogP contribution is 2.24.